The van der Waals surface area contributed by atoms with Gasteiger partial charge in [0.25, 0.3) is 5.91 Å². The van der Waals surface area contributed by atoms with E-state index in [9.17, 15) is 4.79 Å². The summed E-state index contributed by atoms with van der Waals surface area (Å²) in [7, 11) is 0. The van der Waals surface area contributed by atoms with Crippen molar-refractivity contribution in [1.82, 2.24) is 5.32 Å². The lowest BCUT2D eigenvalue weighted by molar-refractivity contribution is -0.129. The zero-order valence-corrected chi connectivity index (χ0v) is 15.2. The van der Waals surface area contributed by atoms with E-state index in [0.29, 0.717) is 29.0 Å². The molecule has 0 radical (unpaired) electrons. The summed E-state index contributed by atoms with van der Waals surface area (Å²) in [6.07, 6.45) is 0.136. The summed E-state index contributed by atoms with van der Waals surface area (Å²) >= 11 is 6.02. The number of benzene rings is 1. The number of ether oxygens (including phenoxy) is 1. The third-order valence-electron chi connectivity index (χ3n) is 3.82. The average molecular weight is 326 g/mol. The topological polar surface area (TPSA) is 38.3 Å². The summed E-state index contributed by atoms with van der Waals surface area (Å²) in [6.45, 7) is 12.4. The van der Waals surface area contributed by atoms with Crippen molar-refractivity contribution in [2.24, 2.45) is 11.8 Å². The molecule has 1 aromatic rings. The zero-order chi connectivity index (χ0) is 16.9. The zero-order valence-electron chi connectivity index (χ0n) is 14.4. The van der Waals surface area contributed by atoms with Crippen LogP contribution in [0.25, 0.3) is 0 Å². The Morgan fingerprint density at radius 3 is 2.27 bits per heavy atom. The van der Waals surface area contributed by atoms with E-state index in [1.807, 2.05) is 19.9 Å². The largest absolute Gasteiger partial charge is 0.481 e. The van der Waals surface area contributed by atoms with E-state index in [2.05, 4.69) is 33.0 Å². The number of rotatable bonds is 7. The number of hydrogen-bond donors (Lipinski definition) is 1. The molecule has 22 heavy (non-hydrogen) atoms. The molecule has 1 aromatic carbocycles. The molecule has 0 bridgehead atoms. The van der Waals surface area contributed by atoms with Crippen LogP contribution in [0.1, 0.15) is 46.6 Å². The molecule has 3 nitrogen and oxygen atoms in total. The van der Waals surface area contributed by atoms with Gasteiger partial charge < -0.3 is 10.1 Å². The van der Waals surface area contributed by atoms with Gasteiger partial charge in [0, 0.05) is 11.1 Å². The van der Waals surface area contributed by atoms with Gasteiger partial charge in [0.1, 0.15) is 5.75 Å². The first-order valence-electron chi connectivity index (χ1n) is 7.99. The molecular weight excluding hydrogens is 298 g/mol. The summed E-state index contributed by atoms with van der Waals surface area (Å²) in [4.78, 5) is 12.5. The number of aryl methyl sites for hydroxylation is 1. The second-order valence-corrected chi connectivity index (χ2v) is 6.86. The first kappa shape index (κ1) is 18.8. The molecule has 1 unspecified atom stereocenters. The number of hydrogen-bond acceptors (Lipinski definition) is 2. The second kappa shape index (κ2) is 8.42. The highest BCUT2D eigenvalue weighted by Gasteiger charge is 2.25. The predicted molar refractivity (Wildman–Crippen MR) is 92.5 cm³/mol. The van der Waals surface area contributed by atoms with Crippen molar-refractivity contribution in [3.05, 3.63) is 28.8 Å². The van der Waals surface area contributed by atoms with Gasteiger partial charge in [-0.3, -0.25) is 4.79 Å². The van der Waals surface area contributed by atoms with Crippen molar-refractivity contribution in [1.29, 1.82) is 0 Å². The third kappa shape index (κ3) is 5.20. The fraction of sp³-hybridized carbons (Fsp3) is 0.611. The molecule has 0 heterocycles. The van der Waals surface area contributed by atoms with E-state index in [0.717, 1.165) is 5.56 Å². The Morgan fingerprint density at radius 2 is 1.82 bits per heavy atom. The van der Waals surface area contributed by atoms with Crippen LogP contribution in [0.2, 0.25) is 5.02 Å². The summed E-state index contributed by atoms with van der Waals surface area (Å²) in [5, 5.41) is 3.82. The number of carbonyl (C=O) groups excluding carboxylic acids is 1. The molecule has 0 aliphatic heterocycles. The smallest absolute Gasteiger partial charge is 0.261 e. The number of amides is 1. The molecule has 1 atom stereocenters. The summed E-state index contributed by atoms with van der Waals surface area (Å²) in [5.41, 5.74) is 0.941. The minimum absolute atomic E-state index is 0.0532. The van der Waals surface area contributed by atoms with E-state index in [1.54, 1.807) is 12.1 Å². The van der Waals surface area contributed by atoms with Gasteiger partial charge in [0.05, 0.1) is 0 Å². The molecule has 0 spiro atoms. The standard InChI is InChI=1S/C18H28ClNO2/c1-7-16(18(21)20-17(11(2)3)12(4)5)22-14-8-9-15(19)13(6)10-14/h8-12,16-17H,7H2,1-6H3,(H,20,21). The van der Waals surface area contributed by atoms with Crippen LogP contribution in [-0.4, -0.2) is 18.1 Å². The van der Waals surface area contributed by atoms with E-state index in [4.69, 9.17) is 16.3 Å². The molecule has 1 amide bonds. The SMILES string of the molecule is CCC(Oc1ccc(Cl)c(C)c1)C(=O)NC(C(C)C)C(C)C. The van der Waals surface area contributed by atoms with Crippen molar-refractivity contribution in [3.63, 3.8) is 0 Å². The van der Waals surface area contributed by atoms with Crippen molar-refractivity contribution in [2.45, 2.75) is 60.1 Å². The Labute approximate surface area is 139 Å². The fourth-order valence-electron chi connectivity index (χ4n) is 2.54. The molecule has 0 saturated carbocycles. The Hall–Kier alpha value is -1.22. The molecular formula is C18H28ClNO2. The van der Waals surface area contributed by atoms with Crippen molar-refractivity contribution in [3.8, 4) is 5.75 Å². The van der Waals surface area contributed by atoms with Gasteiger partial charge in [-0.2, -0.15) is 0 Å². The van der Waals surface area contributed by atoms with E-state index in [1.165, 1.54) is 0 Å². The van der Waals surface area contributed by atoms with Gasteiger partial charge in [-0.1, -0.05) is 46.2 Å². The lowest BCUT2D eigenvalue weighted by Crippen LogP contribution is -2.48. The van der Waals surface area contributed by atoms with Crippen molar-refractivity contribution >= 4 is 17.5 Å². The number of carbonyl (C=O) groups is 1. The van der Waals surface area contributed by atoms with Gasteiger partial charge in [0.2, 0.25) is 0 Å². The van der Waals surface area contributed by atoms with Crippen LogP contribution < -0.4 is 10.1 Å². The Balaban J connectivity index is 2.77. The van der Waals surface area contributed by atoms with Crippen LogP contribution in [0.3, 0.4) is 0 Å². The normalized spacial score (nSPS) is 12.8. The number of nitrogens with one attached hydrogen (secondary N) is 1. The Bertz CT molecular complexity index is 492. The summed E-state index contributed by atoms with van der Waals surface area (Å²) in [6, 6.07) is 5.60. The fourth-order valence-corrected chi connectivity index (χ4v) is 2.65. The maximum absolute atomic E-state index is 12.5. The minimum atomic E-state index is -0.486. The molecule has 4 heteroatoms. The van der Waals surface area contributed by atoms with Crippen LogP contribution in [-0.2, 0) is 4.79 Å². The third-order valence-corrected chi connectivity index (χ3v) is 4.24. The highest BCUT2D eigenvalue weighted by Crippen LogP contribution is 2.22. The maximum Gasteiger partial charge on any atom is 0.261 e. The maximum atomic E-state index is 12.5. The van der Waals surface area contributed by atoms with Crippen LogP contribution in [0.15, 0.2) is 18.2 Å². The average Bonchev–Trinajstić information content (AvgIpc) is 2.44. The van der Waals surface area contributed by atoms with Gasteiger partial charge in [-0.15, -0.1) is 0 Å². The summed E-state index contributed by atoms with van der Waals surface area (Å²) < 4.78 is 5.85. The molecule has 0 aliphatic rings. The van der Waals surface area contributed by atoms with Gasteiger partial charge in [-0.05, 0) is 48.9 Å². The molecule has 1 rings (SSSR count). The van der Waals surface area contributed by atoms with Crippen LogP contribution in [0.5, 0.6) is 5.75 Å². The lowest BCUT2D eigenvalue weighted by Gasteiger charge is -2.28. The first-order valence-corrected chi connectivity index (χ1v) is 8.37. The quantitative estimate of drug-likeness (QED) is 0.795. The molecule has 0 fully saturated rings. The van der Waals surface area contributed by atoms with E-state index >= 15 is 0 Å². The molecule has 0 aliphatic carbocycles. The highest BCUT2D eigenvalue weighted by molar-refractivity contribution is 6.31. The van der Waals surface area contributed by atoms with E-state index < -0.39 is 6.10 Å². The Kier molecular flexibility index (Phi) is 7.21. The lowest BCUT2D eigenvalue weighted by atomic mass is 9.93. The van der Waals surface area contributed by atoms with Gasteiger partial charge in [-0.25, -0.2) is 0 Å². The molecule has 1 N–H and O–H groups in total. The van der Waals surface area contributed by atoms with Crippen LogP contribution in [0, 0.1) is 18.8 Å². The summed E-state index contributed by atoms with van der Waals surface area (Å²) in [5.74, 6) is 1.40. The van der Waals surface area contributed by atoms with E-state index in [-0.39, 0.29) is 11.9 Å². The van der Waals surface area contributed by atoms with Crippen LogP contribution >= 0.6 is 11.6 Å². The highest BCUT2D eigenvalue weighted by atomic mass is 35.5. The molecule has 124 valence electrons. The second-order valence-electron chi connectivity index (χ2n) is 6.45. The van der Waals surface area contributed by atoms with Gasteiger partial charge >= 0.3 is 0 Å². The molecule has 0 aromatic heterocycles. The number of halogens is 1. The van der Waals surface area contributed by atoms with Gasteiger partial charge in [0.15, 0.2) is 6.10 Å². The Morgan fingerprint density at radius 1 is 1.23 bits per heavy atom. The first-order chi connectivity index (χ1) is 10.3. The van der Waals surface area contributed by atoms with Crippen molar-refractivity contribution in [2.75, 3.05) is 0 Å². The monoisotopic (exact) mass is 325 g/mol. The predicted octanol–water partition coefficient (Wildman–Crippen LogP) is 4.60. The van der Waals surface area contributed by atoms with Crippen LogP contribution in [0.4, 0.5) is 0 Å². The minimum Gasteiger partial charge on any atom is -0.481 e. The van der Waals surface area contributed by atoms with Crippen molar-refractivity contribution < 1.29 is 9.53 Å². The molecule has 0 saturated heterocycles.